The highest BCUT2D eigenvalue weighted by Gasteiger charge is 2.45. The lowest BCUT2D eigenvalue weighted by atomic mass is 9.79. The van der Waals surface area contributed by atoms with Crippen molar-refractivity contribution >= 4 is 23.7 Å². The van der Waals surface area contributed by atoms with Gasteiger partial charge in [-0.05, 0) is 86.2 Å². The normalized spacial score (nSPS) is 20.2. The van der Waals surface area contributed by atoms with Crippen LogP contribution in [0.4, 0.5) is 0 Å². The molecule has 2 aromatic heterocycles. The Labute approximate surface area is 209 Å². The third kappa shape index (κ3) is 4.98. The number of esters is 1. The van der Waals surface area contributed by atoms with Crippen LogP contribution in [0.3, 0.4) is 0 Å². The van der Waals surface area contributed by atoms with Crippen molar-refractivity contribution in [2.75, 3.05) is 13.2 Å². The molecular weight excluding hydrogens is 460 g/mol. The summed E-state index contributed by atoms with van der Waals surface area (Å²) in [6.07, 6.45) is 7.86. The molecule has 1 aromatic carbocycles. The third-order valence-electron chi connectivity index (χ3n) is 6.50. The highest BCUT2D eigenvalue weighted by molar-refractivity contribution is 6.08. The molecule has 1 aliphatic heterocycles. The molecule has 0 saturated heterocycles. The van der Waals surface area contributed by atoms with Gasteiger partial charge in [-0.25, -0.2) is 9.80 Å². The molecule has 36 heavy (non-hydrogen) atoms. The van der Waals surface area contributed by atoms with E-state index in [9.17, 15) is 9.59 Å². The average molecular weight is 489 g/mol. The monoisotopic (exact) mass is 488 g/mol. The summed E-state index contributed by atoms with van der Waals surface area (Å²) in [5.41, 5.74) is 3.82. The van der Waals surface area contributed by atoms with E-state index in [0.29, 0.717) is 11.5 Å². The number of hydrogen-bond donors (Lipinski definition) is 0. The Kier molecular flexibility index (Phi) is 6.75. The number of aryl methyl sites for hydroxylation is 2. The Morgan fingerprint density at radius 3 is 2.72 bits per heavy atom. The van der Waals surface area contributed by atoms with Crippen LogP contribution < -0.4 is 4.74 Å². The number of nitrogens with zero attached hydrogens (tertiary/aromatic N) is 2. The summed E-state index contributed by atoms with van der Waals surface area (Å²) < 4.78 is 22.0. The molecule has 1 aliphatic carbocycles. The van der Waals surface area contributed by atoms with Crippen molar-refractivity contribution in [1.29, 1.82) is 0 Å². The molecule has 1 fully saturated rings. The molecular formula is C28H28N2O6. The molecule has 0 bridgehead atoms. The van der Waals surface area contributed by atoms with Crippen LogP contribution in [0.2, 0.25) is 0 Å². The van der Waals surface area contributed by atoms with E-state index in [-0.39, 0.29) is 12.5 Å². The largest absolute Gasteiger partial charge is 0.482 e. The number of allylic oxidation sites excluding steroid dienone is 1. The summed E-state index contributed by atoms with van der Waals surface area (Å²) in [5, 5.41) is 6.11. The van der Waals surface area contributed by atoms with Gasteiger partial charge < -0.3 is 18.3 Å². The zero-order chi connectivity index (χ0) is 25.1. The van der Waals surface area contributed by atoms with Crippen LogP contribution in [0.15, 0.2) is 74.5 Å². The van der Waals surface area contributed by atoms with Crippen LogP contribution in [0.25, 0.3) is 6.08 Å². The van der Waals surface area contributed by atoms with E-state index in [1.54, 1.807) is 18.6 Å². The average Bonchev–Trinajstić information content (AvgIpc) is 3.64. The predicted octanol–water partition coefficient (Wildman–Crippen LogP) is 5.23. The molecule has 0 spiro atoms. The van der Waals surface area contributed by atoms with Crippen molar-refractivity contribution in [2.45, 2.75) is 39.2 Å². The van der Waals surface area contributed by atoms with Gasteiger partial charge in [0.05, 0.1) is 18.2 Å². The number of furan rings is 2. The zero-order valence-electron chi connectivity index (χ0n) is 20.3. The fourth-order valence-electron chi connectivity index (χ4n) is 4.74. The van der Waals surface area contributed by atoms with Gasteiger partial charge in [0, 0.05) is 5.92 Å². The molecule has 8 heteroatoms. The Balaban J connectivity index is 1.29. The first kappa shape index (κ1) is 23.7. The Morgan fingerprint density at radius 1 is 1.11 bits per heavy atom. The van der Waals surface area contributed by atoms with E-state index in [2.05, 4.69) is 0 Å². The number of hydrazone groups is 1. The molecule has 3 heterocycles. The highest BCUT2D eigenvalue weighted by Crippen LogP contribution is 2.44. The fraction of sp³-hybridized carbons (Fsp3) is 0.321. The number of carbonyl (C=O) groups is 2. The third-order valence-corrected chi connectivity index (χ3v) is 6.50. The van der Waals surface area contributed by atoms with Crippen LogP contribution in [0, 0.1) is 19.8 Å². The van der Waals surface area contributed by atoms with Crippen molar-refractivity contribution in [1.82, 2.24) is 5.01 Å². The number of amides is 1. The summed E-state index contributed by atoms with van der Waals surface area (Å²) in [7, 11) is 0. The molecule has 8 nitrogen and oxygen atoms in total. The molecule has 2 atom stereocenters. The van der Waals surface area contributed by atoms with Gasteiger partial charge in [0.15, 0.2) is 13.2 Å². The second-order valence-corrected chi connectivity index (χ2v) is 9.09. The molecule has 0 N–H and O–H groups in total. The summed E-state index contributed by atoms with van der Waals surface area (Å²) in [4.78, 5) is 25.5. The standard InChI is InChI=1S/C28H28N2O6/c1-18-10-11-19(2)24(14-18)35-17-26(32)36-16-25(31)30-28(23-9-5-13-34-23)22-8-3-6-20(27(22)29-30)15-21-7-4-12-33-21/h4-5,7,9-15,22,28H,3,6,8,16-17H2,1-2H3. The minimum atomic E-state index is -0.624. The summed E-state index contributed by atoms with van der Waals surface area (Å²) >= 11 is 0. The van der Waals surface area contributed by atoms with Crippen molar-refractivity contribution < 1.29 is 27.9 Å². The van der Waals surface area contributed by atoms with Crippen molar-refractivity contribution in [3.63, 3.8) is 0 Å². The maximum absolute atomic E-state index is 13.2. The molecule has 3 aromatic rings. The van der Waals surface area contributed by atoms with E-state index in [0.717, 1.165) is 47.4 Å². The predicted molar refractivity (Wildman–Crippen MR) is 132 cm³/mol. The lowest BCUT2D eigenvalue weighted by Crippen LogP contribution is -2.34. The number of hydrogen-bond acceptors (Lipinski definition) is 7. The maximum atomic E-state index is 13.2. The van der Waals surface area contributed by atoms with Crippen LogP contribution in [0.1, 0.15) is 48.0 Å². The van der Waals surface area contributed by atoms with Gasteiger partial charge in [-0.1, -0.05) is 12.1 Å². The van der Waals surface area contributed by atoms with Gasteiger partial charge in [0.25, 0.3) is 5.91 Å². The van der Waals surface area contributed by atoms with Crippen LogP contribution >= 0.6 is 0 Å². The van der Waals surface area contributed by atoms with Crippen molar-refractivity contribution in [3.8, 4) is 5.75 Å². The molecule has 1 amide bonds. The van der Waals surface area contributed by atoms with E-state index < -0.39 is 24.5 Å². The Morgan fingerprint density at radius 2 is 1.94 bits per heavy atom. The van der Waals surface area contributed by atoms with Crippen LogP contribution in [0.5, 0.6) is 5.75 Å². The summed E-state index contributed by atoms with van der Waals surface area (Å²) in [6, 6.07) is 12.7. The highest BCUT2D eigenvalue weighted by atomic mass is 16.6. The van der Waals surface area contributed by atoms with E-state index >= 15 is 0 Å². The Hall–Kier alpha value is -4.07. The zero-order valence-corrected chi connectivity index (χ0v) is 20.3. The van der Waals surface area contributed by atoms with Gasteiger partial charge >= 0.3 is 5.97 Å². The van der Waals surface area contributed by atoms with Gasteiger partial charge in [-0.15, -0.1) is 0 Å². The summed E-state index contributed by atoms with van der Waals surface area (Å²) in [5.74, 6) is 0.944. The molecule has 5 rings (SSSR count). The van der Waals surface area contributed by atoms with E-state index in [1.165, 1.54) is 5.01 Å². The molecule has 1 saturated carbocycles. The fourth-order valence-corrected chi connectivity index (χ4v) is 4.74. The van der Waals surface area contributed by atoms with Gasteiger partial charge in [-0.3, -0.25) is 4.79 Å². The maximum Gasteiger partial charge on any atom is 0.344 e. The van der Waals surface area contributed by atoms with Gasteiger partial charge in [-0.2, -0.15) is 5.10 Å². The number of ether oxygens (including phenoxy) is 2. The lowest BCUT2D eigenvalue weighted by Gasteiger charge is -2.27. The minimum Gasteiger partial charge on any atom is -0.482 e. The lowest BCUT2D eigenvalue weighted by molar-refractivity contribution is -0.154. The second-order valence-electron chi connectivity index (χ2n) is 9.09. The summed E-state index contributed by atoms with van der Waals surface area (Å²) in [6.45, 7) is 3.13. The Bertz CT molecular complexity index is 1290. The van der Waals surface area contributed by atoms with Crippen LogP contribution in [-0.2, 0) is 14.3 Å². The van der Waals surface area contributed by atoms with Gasteiger partial charge in [0.2, 0.25) is 0 Å². The second kappa shape index (κ2) is 10.3. The molecule has 0 radical (unpaired) electrons. The van der Waals surface area contributed by atoms with Crippen molar-refractivity contribution in [2.24, 2.45) is 11.0 Å². The van der Waals surface area contributed by atoms with Gasteiger partial charge in [0.1, 0.15) is 23.3 Å². The number of rotatable bonds is 7. The minimum absolute atomic E-state index is 0.0154. The first-order valence-electron chi connectivity index (χ1n) is 12.0. The van der Waals surface area contributed by atoms with E-state index in [4.69, 9.17) is 23.4 Å². The number of fused-ring (bicyclic) bond motifs is 1. The number of benzene rings is 1. The smallest absolute Gasteiger partial charge is 0.344 e. The first-order chi connectivity index (χ1) is 17.5. The topological polar surface area (TPSA) is 94.5 Å². The van der Waals surface area contributed by atoms with E-state index in [1.807, 2.05) is 56.3 Å². The van der Waals surface area contributed by atoms with Crippen LogP contribution in [-0.4, -0.2) is 35.8 Å². The molecule has 2 unspecified atom stereocenters. The first-order valence-corrected chi connectivity index (χ1v) is 12.0. The molecule has 2 aliphatic rings. The molecule has 186 valence electrons. The number of carbonyl (C=O) groups excluding carboxylic acids is 2. The quantitative estimate of drug-likeness (QED) is 0.423. The van der Waals surface area contributed by atoms with Crippen molar-refractivity contribution in [3.05, 3.63) is 83.2 Å². The SMILES string of the molecule is Cc1ccc(C)c(OCC(=O)OCC(=O)N2N=C3C(=Cc4ccco4)CCCC3C2c2ccco2)c1.